The Balaban J connectivity index is 0.000000810. The molecule has 1 aromatic rings. The SMILES string of the molecule is Cc1nonc1C(N)=O.Cl. The number of primary amides is 1. The molecule has 0 fully saturated rings. The van der Waals surface area contributed by atoms with Gasteiger partial charge in [-0.05, 0) is 12.1 Å². The maximum atomic E-state index is 10.3. The van der Waals surface area contributed by atoms with E-state index in [1.165, 1.54) is 0 Å². The van der Waals surface area contributed by atoms with Crippen LogP contribution in [-0.4, -0.2) is 16.2 Å². The second-order valence-corrected chi connectivity index (χ2v) is 1.56. The summed E-state index contributed by atoms with van der Waals surface area (Å²) in [5.74, 6) is -0.617. The summed E-state index contributed by atoms with van der Waals surface area (Å²) in [5, 5.41) is 6.61. The number of rotatable bonds is 1. The number of halogens is 1. The quantitative estimate of drug-likeness (QED) is 0.627. The Labute approximate surface area is 63.0 Å². The molecule has 0 spiro atoms. The fourth-order valence-electron chi connectivity index (χ4n) is 0.455. The van der Waals surface area contributed by atoms with Crippen molar-refractivity contribution in [3.05, 3.63) is 11.4 Å². The molecule has 1 rings (SSSR count). The summed E-state index contributed by atoms with van der Waals surface area (Å²) in [6.07, 6.45) is 0. The van der Waals surface area contributed by atoms with E-state index in [0.717, 1.165) is 0 Å². The largest absolute Gasteiger partial charge is 0.364 e. The molecule has 56 valence electrons. The van der Waals surface area contributed by atoms with Crippen molar-refractivity contribution in [2.75, 3.05) is 0 Å². The van der Waals surface area contributed by atoms with Crippen molar-refractivity contribution in [2.24, 2.45) is 5.73 Å². The number of nitrogens with zero attached hydrogens (tertiary/aromatic N) is 2. The van der Waals surface area contributed by atoms with E-state index < -0.39 is 5.91 Å². The molecule has 0 saturated carbocycles. The highest BCUT2D eigenvalue weighted by molar-refractivity contribution is 5.91. The smallest absolute Gasteiger partial charge is 0.272 e. The molecule has 0 aliphatic heterocycles. The Kier molecular flexibility index (Phi) is 2.82. The minimum atomic E-state index is -0.617. The van der Waals surface area contributed by atoms with E-state index in [2.05, 4.69) is 14.9 Å². The van der Waals surface area contributed by atoms with Gasteiger partial charge in [0.2, 0.25) is 0 Å². The molecule has 0 atom stereocenters. The van der Waals surface area contributed by atoms with E-state index in [1.54, 1.807) is 6.92 Å². The van der Waals surface area contributed by atoms with Gasteiger partial charge in [-0.3, -0.25) is 4.79 Å². The fraction of sp³-hybridized carbons (Fsp3) is 0.250. The van der Waals surface area contributed by atoms with Crippen molar-refractivity contribution >= 4 is 18.3 Å². The Hall–Kier alpha value is -1.10. The van der Waals surface area contributed by atoms with Gasteiger partial charge in [-0.2, -0.15) is 0 Å². The van der Waals surface area contributed by atoms with Gasteiger partial charge in [0.05, 0.1) is 0 Å². The standard InChI is InChI=1S/C4H5N3O2.ClH/c1-2-3(4(5)8)7-9-6-2;/h1H3,(H2,5,8);1H. The predicted molar refractivity (Wildman–Crippen MR) is 34.8 cm³/mol. The molecule has 0 saturated heterocycles. The molecule has 0 aliphatic rings. The number of aromatic nitrogens is 2. The van der Waals surface area contributed by atoms with Crippen molar-refractivity contribution in [1.29, 1.82) is 0 Å². The summed E-state index contributed by atoms with van der Waals surface area (Å²) in [6, 6.07) is 0. The zero-order chi connectivity index (χ0) is 6.85. The lowest BCUT2D eigenvalue weighted by Gasteiger charge is -1.81. The lowest BCUT2D eigenvalue weighted by atomic mass is 10.3. The zero-order valence-electron chi connectivity index (χ0n) is 5.20. The molecular weight excluding hydrogens is 158 g/mol. The summed E-state index contributed by atoms with van der Waals surface area (Å²) in [7, 11) is 0. The van der Waals surface area contributed by atoms with Crippen LogP contribution in [0, 0.1) is 6.92 Å². The summed E-state index contributed by atoms with van der Waals surface area (Å²) < 4.78 is 4.21. The molecule has 0 aliphatic carbocycles. The first-order chi connectivity index (χ1) is 4.22. The molecule has 10 heavy (non-hydrogen) atoms. The predicted octanol–water partition coefficient (Wildman–Crippen LogP) is -0.101. The van der Waals surface area contributed by atoms with Crippen molar-refractivity contribution < 1.29 is 9.42 Å². The number of carbonyl (C=O) groups is 1. The molecule has 0 aromatic carbocycles. The molecule has 1 aromatic heterocycles. The van der Waals surface area contributed by atoms with Crippen LogP contribution < -0.4 is 5.73 Å². The van der Waals surface area contributed by atoms with Gasteiger partial charge in [0.15, 0.2) is 5.69 Å². The van der Waals surface area contributed by atoms with Gasteiger partial charge in [0.1, 0.15) is 5.69 Å². The maximum absolute atomic E-state index is 10.3. The average Bonchev–Trinajstić information content (AvgIpc) is 2.13. The minimum Gasteiger partial charge on any atom is -0.364 e. The van der Waals surface area contributed by atoms with Gasteiger partial charge in [-0.15, -0.1) is 12.4 Å². The topological polar surface area (TPSA) is 82.0 Å². The molecule has 6 heteroatoms. The van der Waals surface area contributed by atoms with Crippen molar-refractivity contribution in [3.63, 3.8) is 0 Å². The molecule has 2 N–H and O–H groups in total. The van der Waals surface area contributed by atoms with E-state index in [-0.39, 0.29) is 18.1 Å². The van der Waals surface area contributed by atoms with Crippen LogP contribution in [0.2, 0.25) is 0 Å². The third-order valence-corrected chi connectivity index (χ3v) is 0.886. The van der Waals surface area contributed by atoms with Gasteiger partial charge < -0.3 is 5.73 Å². The average molecular weight is 164 g/mol. The summed E-state index contributed by atoms with van der Waals surface area (Å²) >= 11 is 0. The van der Waals surface area contributed by atoms with Crippen LogP contribution in [-0.2, 0) is 0 Å². The number of nitrogens with two attached hydrogens (primary N) is 1. The summed E-state index contributed by atoms with van der Waals surface area (Å²) in [5.41, 5.74) is 5.37. The minimum absolute atomic E-state index is 0. The molecule has 5 nitrogen and oxygen atoms in total. The third kappa shape index (κ3) is 1.44. The Bertz CT molecular complexity index is 234. The first-order valence-corrected chi connectivity index (χ1v) is 2.31. The second-order valence-electron chi connectivity index (χ2n) is 1.56. The van der Waals surface area contributed by atoms with Gasteiger partial charge in [-0.1, -0.05) is 5.16 Å². The molecule has 0 bridgehead atoms. The van der Waals surface area contributed by atoms with Crippen LogP contribution in [0.5, 0.6) is 0 Å². The van der Waals surface area contributed by atoms with Gasteiger partial charge >= 0.3 is 0 Å². The second kappa shape index (κ2) is 3.17. The highest BCUT2D eigenvalue weighted by Gasteiger charge is 2.09. The van der Waals surface area contributed by atoms with E-state index in [0.29, 0.717) is 5.69 Å². The highest BCUT2D eigenvalue weighted by atomic mass is 35.5. The molecular formula is C4H6ClN3O2. The first-order valence-electron chi connectivity index (χ1n) is 2.31. The lowest BCUT2D eigenvalue weighted by molar-refractivity contribution is 0.0990. The number of carbonyl (C=O) groups excluding carboxylic acids is 1. The Morgan fingerprint density at radius 2 is 2.20 bits per heavy atom. The summed E-state index contributed by atoms with van der Waals surface area (Å²) in [6.45, 7) is 1.59. The normalized spacial score (nSPS) is 8.50. The maximum Gasteiger partial charge on any atom is 0.272 e. The van der Waals surface area contributed by atoms with Gasteiger partial charge in [0.25, 0.3) is 5.91 Å². The Morgan fingerprint density at radius 3 is 2.40 bits per heavy atom. The van der Waals surface area contributed by atoms with Crippen molar-refractivity contribution in [3.8, 4) is 0 Å². The zero-order valence-corrected chi connectivity index (χ0v) is 6.01. The van der Waals surface area contributed by atoms with Crippen LogP contribution in [0.25, 0.3) is 0 Å². The number of aryl methyl sites for hydroxylation is 1. The van der Waals surface area contributed by atoms with E-state index >= 15 is 0 Å². The monoisotopic (exact) mass is 163 g/mol. The van der Waals surface area contributed by atoms with Crippen molar-refractivity contribution in [2.45, 2.75) is 6.92 Å². The van der Waals surface area contributed by atoms with Crippen LogP contribution in [0.3, 0.4) is 0 Å². The van der Waals surface area contributed by atoms with E-state index in [4.69, 9.17) is 5.73 Å². The first kappa shape index (κ1) is 8.90. The Morgan fingerprint density at radius 1 is 1.60 bits per heavy atom. The number of hydrogen-bond donors (Lipinski definition) is 1. The van der Waals surface area contributed by atoms with E-state index in [1.807, 2.05) is 0 Å². The fourth-order valence-corrected chi connectivity index (χ4v) is 0.455. The van der Waals surface area contributed by atoms with Crippen molar-refractivity contribution in [1.82, 2.24) is 10.3 Å². The molecule has 1 amide bonds. The lowest BCUT2D eigenvalue weighted by Crippen LogP contribution is -2.12. The van der Waals surface area contributed by atoms with E-state index in [9.17, 15) is 4.79 Å². The van der Waals surface area contributed by atoms with Crippen LogP contribution in [0.15, 0.2) is 4.63 Å². The molecule has 1 heterocycles. The van der Waals surface area contributed by atoms with Crippen LogP contribution in [0.1, 0.15) is 16.2 Å². The molecule has 0 radical (unpaired) electrons. The van der Waals surface area contributed by atoms with Crippen LogP contribution >= 0.6 is 12.4 Å². The summed E-state index contributed by atoms with van der Waals surface area (Å²) in [4.78, 5) is 10.3. The van der Waals surface area contributed by atoms with Crippen LogP contribution in [0.4, 0.5) is 0 Å². The number of amides is 1. The highest BCUT2D eigenvalue weighted by Crippen LogP contribution is 1.96. The van der Waals surface area contributed by atoms with Gasteiger partial charge in [-0.25, -0.2) is 4.63 Å². The number of hydrogen-bond acceptors (Lipinski definition) is 4. The third-order valence-electron chi connectivity index (χ3n) is 0.886. The van der Waals surface area contributed by atoms with Gasteiger partial charge in [0, 0.05) is 0 Å². The molecule has 0 unspecified atom stereocenters.